The van der Waals surface area contributed by atoms with Crippen molar-refractivity contribution >= 4 is 6.16 Å². The molecule has 2 rings (SSSR count). The van der Waals surface area contributed by atoms with Crippen LogP contribution in [-0.4, -0.2) is 18.4 Å². The van der Waals surface area contributed by atoms with Gasteiger partial charge in [0, 0.05) is 0 Å². The lowest BCUT2D eigenvalue weighted by atomic mass is 9.70. The Morgan fingerprint density at radius 3 is 2.07 bits per heavy atom. The zero-order chi connectivity index (χ0) is 19.5. The molecule has 0 aromatic rings. The van der Waals surface area contributed by atoms with E-state index >= 15 is 0 Å². The number of rotatable bonds is 10. The van der Waals surface area contributed by atoms with E-state index in [1.165, 1.54) is 70.6 Å². The van der Waals surface area contributed by atoms with Gasteiger partial charge in [-0.25, -0.2) is 4.79 Å². The van der Waals surface area contributed by atoms with Crippen LogP contribution in [-0.2, 0) is 9.47 Å². The molecule has 0 heterocycles. The molecule has 2 saturated carbocycles. The number of unbranched alkanes of at least 4 members (excludes halogenated alkanes) is 3. The molecule has 158 valence electrons. The fourth-order valence-corrected chi connectivity index (χ4v) is 5.28. The van der Waals surface area contributed by atoms with Gasteiger partial charge in [-0.05, 0) is 76.0 Å². The summed E-state index contributed by atoms with van der Waals surface area (Å²) in [7, 11) is 0. The average molecular weight is 381 g/mol. The third-order valence-electron chi connectivity index (χ3n) is 7.00. The van der Waals surface area contributed by atoms with Crippen molar-refractivity contribution in [1.29, 1.82) is 0 Å². The molecule has 1 atom stereocenters. The predicted molar refractivity (Wildman–Crippen MR) is 112 cm³/mol. The summed E-state index contributed by atoms with van der Waals surface area (Å²) in [6, 6.07) is 0. The molecule has 0 aliphatic heterocycles. The largest absolute Gasteiger partial charge is 0.508 e. The maximum Gasteiger partial charge on any atom is 0.508 e. The molecule has 0 unspecified atom stereocenters. The molecule has 0 N–H and O–H groups in total. The molecule has 2 aliphatic rings. The lowest BCUT2D eigenvalue weighted by molar-refractivity contribution is -0.0174. The van der Waals surface area contributed by atoms with Gasteiger partial charge in [-0.1, -0.05) is 58.8 Å². The summed E-state index contributed by atoms with van der Waals surface area (Å²) in [5.41, 5.74) is 0. The zero-order valence-electron chi connectivity index (χ0n) is 18.2. The summed E-state index contributed by atoms with van der Waals surface area (Å²) in [6.45, 7) is 6.51. The number of hydrogen-bond donors (Lipinski definition) is 0. The van der Waals surface area contributed by atoms with Crippen LogP contribution in [0.25, 0.3) is 0 Å². The minimum absolute atomic E-state index is 0.0241. The molecule has 0 saturated heterocycles. The molecule has 3 nitrogen and oxygen atoms in total. The molecule has 0 aromatic carbocycles. The van der Waals surface area contributed by atoms with Crippen LogP contribution in [0, 0.1) is 17.8 Å². The standard InChI is InChI=1S/C24H44O3/c1-4-6-7-8-10-19(3)26-24(25)27-23-17-15-22(16-18-23)21-13-11-20(9-5-2)12-14-21/h19-23H,4-18H2,1-3H3/t19-,20-,21-,22-,23-/m0/s1. The zero-order valence-corrected chi connectivity index (χ0v) is 18.2. The van der Waals surface area contributed by atoms with E-state index in [1.54, 1.807) is 0 Å². The van der Waals surface area contributed by atoms with Crippen molar-refractivity contribution in [1.82, 2.24) is 0 Å². The number of carbonyl (C=O) groups excluding carboxylic acids is 1. The first-order chi connectivity index (χ1) is 13.1. The van der Waals surface area contributed by atoms with Gasteiger partial charge in [0.15, 0.2) is 0 Å². The van der Waals surface area contributed by atoms with E-state index < -0.39 is 6.16 Å². The fourth-order valence-electron chi connectivity index (χ4n) is 5.28. The highest BCUT2D eigenvalue weighted by atomic mass is 16.7. The Bertz CT molecular complexity index is 392. The summed E-state index contributed by atoms with van der Waals surface area (Å²) in [6.07, 6.45) is 18.4. The van der Waals surface area contributed by atoms with E-state index in [0.717, 1.165) is 43.4 Å². The Morgan fingerprint density at radius 2 is 1.48 bits per heavy atom. The van der Waals surface area contributed by atoms with Gasteiger partial charge in [-0.3, -0.25) is 0 Å². The van der Waals surface area contributed by atoms with Crippen LogP contribution in [0.15, 0.2) is 0 Å². The maximum absolute atomic E-state index is 12.0. The summed E-state index contributed by atoms with van der Waals surface area (Å²) in [5.74, 6) is 2.78. The minimum Gasteiger partial charge on any atom is -0.431 e. The van der Waals surface area contributed by atoms with E-state index in [9.17, 15) is 4.79 Å². The van der Waals surface area contributed by atoms with Crippen molar-refractivity contribution in [2.75, 3.05) is 0 Å². The first-order valence-electron chi connectivity index (χ1n) is 12.0. The minimum atomic E-state index is -0.443. The molecule has 0 radical (unpaired) electrons. The first-order valence-corrected chi connectivity index (χ1v) is 12.0. The van der Waals surface area contributed by atoms with E-state index in [0.29, 0.717) is 0 Å². The van der Waals surface area contributed by atoms with Crippen LogP contribution >= 0.6 is 0 Å². The van der Waals surface area contributed by atoms with Gasteiger partial charge in [0.1, 0.15) is 12.2 Å². The second-order valence-electron chi connectivity index (χ2n) is 9.25. The summed E-state index contributed by atoms with van der Waals surface area (Å²) < 4.78 is 11.1. The topological polar surface area (TPSA) is 35.5 Å². The predicted octanol–water partition coefficient (Wildman–Crippen LogP) is 7.66. The Labute approximate surface area is 168 Å². The van der Waals surface area contributed by atoms with E-state index in [2.05, 4.69) is 13.8 Å². The monoisotopic (exact) mass is 380 g/mol. The molecule has 3 heteroatoms. The van der Waals surface area contributed by atoms with E-state index in [-0.39, 0.29) is 12.2 Å². The highest BCUT2D eigenvalue weighted by molar-refractivity contribution is 5.60. The summed E-state index contributed by atoms with van der Waals surface area (Å²) >= 11 is 0. The lowest BCUT2D eigenvalue weighted by Crippen LogP contribution is -2.30. The van der Waals surface area contributed by atoms with E-state index in [1.807, 2.05) is 6.92 Å². The maximum atomic E-state index is 12.0. The molecule has 0 bridgehead atoms. The second-order valence-corrected chi connectivity index (χ2v) is 9.25. The third kappa shape index (κ3) is 8.44. The van der Waals surface area contributed by atoms with Gasteiger partial charge in [-0.2, -0.15) is 0 Å². The molecule has 2 fully saturated rings. The number of hydrogen-bond acceptors (Lipinski definition) is 3. The summed E-state index contributed by atoms with van der Waals surface area (Å²) in [4.78, 5) is 12.0. The molecule has 27 heavy (non-hydrogen) atoms. The molecule has 2 aliphatic carbocycles. The second kappa shape index (κ2) is 12.7. The van der Waals surface area contributed by atoms with Gasteiger partial charge in [0.05, 0.1) is 0 Å². The number of carbonyl (C=O) groups is 1. The van der Waals surface area contributed by atoms with Crippen molar-refractivity contribution in [2.24, 2.45) is 17.8 Å². The van der Waals surface area contributed by atoms with Crippen molar-refractivity contribution in [3.05, 3.63) is 0 Å². The highest BCUT2D eigenvalue weighted by Gasteiger charge is 2.32. The van der Waals surface area contributed by atoms with Crippen LogP contribution in [0.3, 0.4) is 0 Å². The van der Waals surface area contributed by atoms with Crippen LogP contribution in [0.2, 0.25) is 0 Å². The normalized spacial score (nSPS) is 29.9. The Morgan fingerprint density at radius 1 is 0.852 bits per heavy atom. The smallest absolute Gasteiger partial charge is 0.431 e. The third-order valence-corrected chi connectivity index (χ3v) is 7.00. The van der Waals surface area contributed by atoms with Crippen molar-refractivity contribution in [3.63, 3.8) is 0 Å². The van der Waals surface area contributed by atoms with Gasteiger partial charge in [0.25, 0.3) is 0 Å². The van der Waals surface area contributed by atoms with Crippen molar-refractivity contribution in [2.45, 2.75) is 129 Å². The highest BCUT2D eigenvalue weighted by Crippen LogP contribution is 2.41. The SMILES string of the molecule is CCCCCC[C@H](C)OC(=O)O[C@H]1CC[C@H]([C@H]2CC[C@H](CCC)CC2)CC1. The molecular formula is C24H44O3. The van der Waals surface area contributed by atoms with Crippen LogP contribution < -0.4 is 0 Å². The summed E-state index contributed by atoms with van der Waals surface area (Å²) in [5, 5.41) is 0. The Kier molecular flexibility index (Phi) is 10.6. The first kappa shape index (κ1) is 22.6. The molecule has 0 spiro atoms. The van der Waals surface area contributed by atoms with E-state index in [4.69, 9.17) is 9.47 Å². The van der Waals surface area contributed by atoms with Crippen molar-refractivity contribution in [3.8, 4) is 0 Å². The Hall–Kier alpha value is -0.730. The van der Waals surface area contributed by atoms with Crippen LogP contribution in [0.4, 0.5) is 4.79 Å². The van der Waals surface area contributed by atoms with Gasteiger partial charge >= 0.3 is 6.16 Å². The van der Waals surface area contributed by atoms with Crippen molar-refractivity contribution < 1.29 is 14.3 Å². The average Bonchev–Trinajstić information content (AvgIpc) is 2.67. The quantitative estimate of drug-likeness (QED) is 0.288. The Balaban J connectivity index is 1.58. The molecular weight excluding hydrogens is 336 g/mol. The van der Waals surface area contributed by atoms with Gasteiger partial charge in [0.2, 0.25) is 0 Å². The van der Waals surface area contributed by atoms with Gasteiger partial charge < -0.3 is 9.47 Å². The molecule has 0 amide bonds. The number of ether oxygens (including phenoxy) is 2. The lowest BCUT2D eigenvalue weighted by Gasteiger charge is -2.37. The fraction of sp³-hybridized carbons (Fsp3) is 0.958. The molecule has 0 aromatic heterocycles. The van der Waals surface area contributed by atoms with Gasteiger partial charge in [-0.15, -0.1) is 0 Å². The van der Waals surface area contributed by atoms with Crippen LogP contribution in [0.1, 0.15) is 117 Å². The van der Waals surface area contributed by atoms with Crippen LogP contribution in [0.5, 0.6) is 0 Å².